The van der Waals surface area contributed by atoms with Crippen molar-refractivity contribution < 1.29 is 0 Å². The van der Waals surface area contributed by atoms with Crippen molar-refractivity contribution in [3.63, 3.8) is 0 Å². The van der Waals surface area contributed by atoms with Gasteiger partial charge in [0, 0.05) is 0 Å². The van der Waals surface area contributed by atoms with Gasteiger partial charge in [-0.15, -0.1) is 0 Å². The summed E-state index contributed by atoms with van der Waals surface area (Å²) in [5.74, 6) is 0. The third kappa shape index (κ3) is 52.0. The lowest BCUT2D eigenvalue weighted by molar-refractivity contribution is 0.299. The second-order valence-electron chi connectivity index (χ2n) is 8.37. The Morgan fingerprint density at radius 3 is 0.844 bits per heavy atom. The third-order valence-corrected chi connectivity index (χ3v) is 4.79. The molecule has 0 aromatic rings. The monoisotopic (exact) mass is 463 g/mol. The summed E-state index contributed by atoms with van der Waals surface area (Å²) in [6.07, 6.45) is 7.83. The average Bonchev–Trinajstić information content (AvgIpc) is 2.79. The fourth-order valence-electron chi connectivity index (χ4n) is 2.70. The van der Waals surface area contributed by atoms with E-state index in [4.69, 9.17) is 0 Å². The molecule has 4 heteroatoms. The van der Waals surface area contributed by atoms with Gasteiger partial charge in [-0.1, -0.05) is 82.1 Å². The van der Waals surface area contributed by atoms with Crippen molar-refractivity contribution in [2.45, 2.75) is 108 Å². The Kier molecular flexibility index (Phi) is 54.0. The van der Waals surface area contributed by atoms with Crippen LogP contribution in [0.3, 0.4) is 0 Å². The highest BCUT2D eigenvalue weighted by Crippen LogP contribution is 1.92. The molecule has 0 aliphatic heterocycles. The second-order valence-corrected chi connectivity index (χ2v) is 8.37. The topological polar surface area (TPSA) is 13.0 Å². The Morgan fingerprint density at radius 2 is 0.688 bits per heavy atom. The van der Waals surface area contributed by atoms with Crippen LogP contribution in [-0.2, 0) is 0 Å². The number of nitrogens with zero attached hydrogens (tertiary/aromatic N) is 4. The highest BCUT2D eigenvalue weighted by Gasteiger charge is 1.95. The van der Waals surface area contributed by atoms with Crippen molar-refractivity contribution in [2.24, 2.45) is 0 Å². The third-order valence-electron chi connectivity index (χ3n) is 4.79. The summed E-state index contributed by atoms with van der Waals surface area (Å²) < 4.78 is 0. The minimum absolute atomic E-state index is 1.20. The molecule has 0 aromatic heterocycles. The zero-order valence-corrected chi connectivity index (χ0v) is 25.7. The van der Waals surface area contributed by atoms with Crippen LogP contribution >= 0.6 is 0 Å². The molecule has 0 aliphatic rings. The van der Waals surface area contributed by atoms with Crippen LogP contribution < -0.4 is 0 Å². The van der Waals surface area contributed by atoms with Crippen LogP contribution in [0.1, 0.15) is 108 Å². The smallest absolute Gasteiger partial charge is 0.00191 e. The van der Waals surface area contributed by atoms with Crippen LogP contribution in [0.2, 0.25) is 0 Å². The van der Waals surface area contributed by atoms with Gasteiger partial charge in [-0.05, 0) is 106 Å². The molecule has 0 unspecified atom stereocenters. The normalized spacial score (nSPS) is 9.94. The summed E-state index contributed by atoms with van der Waals surface area (Å²) in [5.41, 5.74) is 0. The summed E-state index contributed by atoms with van der Waals surface area (Å²) >= 11 is 0. The van der Waals surface area contributed by atoms with E-state index in [1.54, 1.807) is 0 Å². The Hall–Kier alpha value is -0.160. The van der Waals surface area contributed by atoms with Gasteiger partial charge in [0.05, 0.1) is 0 Å². The highest BCUT2D eigenvalue weighted by atomic mass is 15.1. The number of hydrogen-bond donors (Lipinski definition) is 0. The number of rotatable bonds is 14. The lowest BCUT2D eigenvalue weighted by Gasteiger charge is -2.16. The van der Waals surface area contributed by atoms with Crippen molar-refractivity contribution in [1.82, 2.24) is 19.6 Å². The van der Waals surface area contributed by atoms with Gasteiger partial charge in [0.2, 0.25) is 0 Å². The predicted octanol–water partition coefficient (Wildman–Crippen LogP) is 7.20. The Morgan fingerprint density at radius 1 is 0.375 bits per heavy atom. The summed E-state index contributed by atoms with van der Waals surface area (Å²) in [7, 11) is 8.39. The molecule has 0 spiro atoms. The van der Waals surface area contributed by atoms with Crippen LogP contribution in [-0.4, -0.2) is 100 Å². The van der Waals surface area contributed by atoms with E-state index in [1.807, 2.05) is 13.8 Å². The zero-order valence-electron chi connectivity index (χ0n) is 25.7. The van der Waals surface area contributed by atoms with Crippen LogP contribution in [0.5, 0.6) is 0 Å². The van der Waals surface area contributed by atoms with Crippen molar-refractivity contribution in [1.29, 1.82) is 0 Å². The van der Waals surface area contributed by atoms with Gasteiger partial charge in [0.15, 0.2) is 0 Å². The molecule has 0 fully saturated rings. The van der Waals surface area contributed by atoms with Crippen molar-refractivity contribution in [3.05, 3.63) is 0 Å². The van der Waals surface area contributed by atoms with Crippen LogP contribution in [0, 0.1) is 0 Å². The lowest BCUT2D eigenvalue weighted by Crippen LogP contribution is -2.23. The van der Waals surface area contributed by atoms with Crippen LogP contribution in [0.15, 0.2) is 0 Å². The molecule has 0 bridgehead atoms. The number of unbranched alkanes of at least 4 members (excludes halogenated alkanes) is 2. The molecule has 0 heterocycles. The largest absolute Gasteiger partial charge is 0.309 e. The number of hydrogen-bond acceptors (Lipinski definition) is 4. The molecule has 0 saturated carbocycles. The van der Waals surface area contributed by atoms with Crippen molar-refractivity contribution >= 4 is 0 Å². The van der Waals surface area contributed by atoms with E-state index >= 15 is 0 Å². The summed E-state index contributed by atoms with van der Waals surface area (Å²) in [5, 5.41) is 0. The van der Waals surface area contributed by atoms with Gasteiger partial charge in [-0.2, -0.15) is 0 Å². The standard InChI is InChI=1S/C8H19N.C7H17N.C6H15N.C5H13N.C2H6/c1-4-7-8-9(5-2)6-3;1-4-7-8(5-2)6-3;1-4-5-6-7(2)3;1-4-5-6(2)3;1-2/h4-8H2,1-3H3;4-7H2,1-3H3;4-6H2,1-3H3;4-5H2,1-3H3;1-2H3. The van der Waals surface area contributed by atoms with Gasteiger partial charge in [-0.3, -0.25) is 0 Å². The van der Waals surface area contributed by atoms with E-state index in [0.29, 0.717) is 0 Å². The van der Waals surface area contributed by atoms with Gasteiger partial charge in [0.1, 0.15) is 0 Å². The first kappa shape index (κ1) is 42.0. The molecular weight excluding hydrogens is 392 g/mol. The molecule has 0 N–H and O–H groups in total. The van der Waals surface area contributed by atoms with E-state index in [9.17, 15) is 0 Å². The first-order chi connectivity index (χ1) is 15.2. The van der Waals surface area contributed by atoms with Gasteiger partial charge >= 0.3 is 0 Å². The Bertz CT molecular complexity index is 250. The van der Waals surface area contributed by atoms with Crippen molar-refractivity contribution in [3.8, 4) is 0 Å². The molecule has 0 radical (unpaired) electrons. The molecule has 202 valence electrons. The second kappa shape index (κ2) is 41.1. The molecule has 0 saturated heterocycles. The highest BCUT2D eigenvalue weighted by molar-refractivity contribution is 4.50. The maximum atomic E-state index is 2.46. The Balaban J connectivity index is -0.0000000995. The molecule has 0 aromatic carbocycles. The summed E-state index contributed by atoms with van der Waals surface area (Å²) in [6, 6.07) is 0. The molecule has 4 nitrogen and oxygen atoms in total. The van der Waals surface area contributed by atoms with Gasteiger partial charge in [0.25, 0.3) is 0 Å². The van der Waals surface area contributed by atoms with E-state index in [0.717, 1.165) is 0 Å². The lowest BCUT2D eigenvalue weighted by atomic mass is 10.3. The van der Waals surface area contributed by atoms with Gasteiger partial charge in [-0.25, -0.2) is 0 Å². The zero-order chi connectivity index (χ0) is 26.2. The summed E-state index contributed by atoms with van der Waals surface area (Å²) in [6.45, 7) is 31.5. The fourth-order valence-corrected chi connectivity index (χ4v) is 2.70. The van der Waals surface area contributed by atoms with E-state index < -0.39 is 0 Å². The molecular formula is C28H70N4. The maximum absolute atomic E-state index is 2.46. The fraction of sp³-hybridized carbons (Fsp3) is 1.00. The first-order valence-electron chi connectivity index (χ1n) is 14.0. The molecule has 32 heavy (non-hydrogen) atoms. The van der Waals surface area contributed by atoms with Gasteiger partial charge < -0.3 is 19.6 Å². The SMILES string of the molecule is CC.CCCCN(C)C.CCCCN(CC)CC.CCCN(C)C.CCCN(CC)CC. The van der Waals surface area contributed by atoms with E-state index in [1.165, 1.54) is 90.9 Å². The average molecular weight is 463 g/mol. The molecule has 0 amide bonds. The van der Waals surface area contributed by atoms with Crippen LogP contribution in [0.25, 0.3) is 0 Å². The quantitative estimate of drug-likeness (QED) is 0.270. The van der Waals surface area contributed by atoms with E-state index in [-0.39, 0.29) is 0 Å². The predicted molar refractivity (Wildman–Crippen MR) is 154 cm³/mol. The minimum Gasteiger partial charge on any atom is -0.309 e. The molecule has 0 atom stereocenters. The first-order valence-corrected chi connectivity index (χ1v) is 14.0. The summed E-state index contributed by atoms with van der Waals surface area (Å²) in [4.78, 5) is 9.28. The molecule has 0 rings (SSSR count). The van der Waals surface area contributed by atoms with Crippen molar-refractivity contribution in [2.75, 3.05) is 80.5 Å². The maximum Gasteiger partial charge on any atom is -0.00191 e. The molecule has 0 aliphatic carbocycles. The van der Waals surface area contributed by atoms with E-state index in [2.05, 4.69) is 103 Å². The minimum atomic E-state index is 1.20. The Labute approximate surface area is 208 Å². The van der Waals surface area contributed by atoms with Crippen LogP contribution in [0.4, 0.5) is 0 Å².